The molecule has 156 valence electrons. The Bertz CT molecular complexity index is 1080. The van der Waals surface area contributed by atoms with Crippen LogP contribution in [-0.2, 0) is 6.54 Å². The summed E-state index contributed by atoms with van der Waals surface area (Å²) in [5.41, 5.74) is 2.45. The van der Waals surface area contributed by atoms with Gasteiger partial charge in [-0.1, -0.05) is 18.2 Å². The first kappa shape index (κ1) is 19.8. The molecule has 1 fully saturated rings. The normalized spacial score (nSPS) is 13.9. The first-order valence-electron chi connectivity index (χ1n) is 10.1. The van der Waals surface area contributed by atoms with Crippen molar-refractivity contribution in [3.63, 3.8) is 0 Å². The van der Waals surface area contributed by atoms with E-state index in [1.54, 1.807) is 30.6 Å². The minimum Gasteiger partial charge on any atom is -0.474 e. The molecule has 8 nitrogen and oxygen atoms in total. The van der Waals surface area contributed by atoms with Crippen LogP contribution in [0.15, 0.2) is 53.6 Å². The number of H-pyrrole nitrogens is 1. The van der Waals surface area contributed by atoms with Crippen LogP contribution in [0.25, 0.3) is 5.69 Å². The Morgan fingerprint density at radius 2 is 2.03 bits per heavy atom. The molecule has 1 saturated carbocycles. The van der Waals surface area contributed by atoms with Crippen molar-refractivity contribution < 1.29 is 9.53 Å². The zero-order valence-electron chi connectivity index (χ0n) is 16.9. The van der Waals surface area contributed by atoms with Gasteiger partial charge in [-0.05, 0) is 50.8 Å². The number of aromatic nitrogens is 3. The number of aromatic amines is 1. The lowest BCUT2D eigenvalue weighted by Crippen LogP contribution is -2.29. The van der Waals surface area contributed by atoms with E-state index in [-0.39, 0.29) is 24.4 Å². The second-order valence-corrected chi connectivity index (χ2v) is 7.39. The molecule has 1 aliphatic rings. The molecule has 3 aromatic rings. The number of rotatable bonds is 6. The predicted octanol–water partition coefficient (Wildman–Crippen LogP) is 3.51. The van der Waals surface area contributed by atoms with Crippen molar-refractivity contribution in [1.29, 1.82) is 0 Å². The molecular weight excluding hydrogens is 382 g/mol. The fourth-order valence-corrected chi connectivity index (χ4v) is 3.70. The van der Waals surface area contributed by atoms with E-state index in [0.717, 1.165) is 24.1 Å². The summed E-state index contributed by atoms with van der Waals surface area (Å²) in [6, 6.07) is 10.5. The largest absolute Gasteiger partial charge is 0.474 e. The minimum absolute atomic E-state index is 0.197. The zero-order valence-corrected chi connectivity index (χ0v) is 16.9. The molecule has 8 heteroatoms. The maximum absolute atomic E-state index is 12.6. The molecular formula is C22H25N5O3. The molecule has 2 heterocycles. The third-order valence-corrected chi connectivity index (χ3v) is 5.22. The van der Waals surface area contributed by atoms with E-state index in [1.165, 1.54) is 17.4 Å². The number of imidazole rings is 1. The summed E-state index contributed by atoms with van der Waals surface area (Å²) in [5.74, 6) is 0.569. The fourth-order valence-electron chi connectivity index (χ4n) is 3.70. The van der Waals surface area contributed by atoms with Crippen molar-refractivity contribution in [2.24, 2.45) is 0 Å². The lowest BCUT2D eigenvalue weighted by atomic mass is 10.2. The highest BCUT2D eigenvalue weighted by molar-refractivity contribution is 5.91. The molecule has 0 spiro atoms. The van der Waals surface area contributed by atoms with Gasteiger partial charge in [0.15, 0.2) is 0 Å². The van der Waals surface area contributed by atoms with Gasteiger partial charge in [-0.2, -0.15) is 0 Å². The van der Waals surface area contributed by atoms with Crippen molar-refractivity contribution in [3.05, 3.63) is 70.5 Å². The van der Waals surface area contributed by atoms with Gasteiger partial charge in [0.25, 0.3) is 0 Å². The van der Waals surface area contributed by atoms with Gasteiger partial charge < -0.3 is 20.4 Å². The number of nitrogens with one attached hydrogen (secondary N) is 3. The number of ether oxygens (including phenoxy) is 1. The van der Waals surface area contributed by atoms with Crippen LogP contribution in [0.1, 0.15) is 36.9 Å². The summed E-state index contributed by atoms with van der Waals surface area (Å²) in [6.45, 7) is 2.11. The Kier molecular flexibility index (Phi) is 5.83. The summed E-state index contributed by atoms with van der Waals surface area (Å²) < 4.78 is 7.55. The van der Waals surface area contributed by atoms with Crippen LogP contribution in [0.5, 0.6) is 5.88 Å². The number of hydrogen-bond donors (Lipinski definition) is 3. The Labute approximate surface area is 174 Å². The van der Waals surface area contributed by atoms with Crippen LogP contribution in [0.4, 0.5) is 10.5 Å². The number of hydrogen-bond acceptors (Lipinski definition) is 4. The number of urea groups is 1. The van der Waals surface area contributed by atoms with Crippen LogP contribution in [0.2, 0.25) is 0 Å². The first-order chi connectivity index (χ1) is 14.6. The van der Waals surface area contributed by atoms with Gasteiger partial charge in [0, 0.05) is 30.2 Å². The Hall–Kier alpha value is -3.55. The molecule has 0 unspecified atom stereocenters. The third-order valence-electron chi connectivity index (χ3n) is 5.22. The van der Waals surface area contributed by atoms with Gasteiger partial charge in [0.1, 0.15) is 6.10 Å². The maximum atomic E-state index is 12.6. The van der Waals surface area contributed by atoms with Crippen molar-refractivity contribution in [2.45, 2.75) is 45.3 Å². The first-order valence-corrected chi connectivity index (χ1v) is 10.1. The van der Waals surface area contributed by atoms with Gasteiger partial charge in [0.2, 0.25) is 5.88 Å². The Morgan fingerprint density at radius 1 is 1.23 bits per heavy atom. The Balaban J connectivity index is 1.44. The topological polar surface area (TPSA) is 101 Å². The van der Waals surface area contributed by atoms with E-state index in [4.69, 9.17) is 4.74 Å². The second kappa shape index (κ2) is 8.86. The summed E-state index contributed by atoms with van der Waals surface area (Å²) in [6.07, 6.45) is 7.96. The summed E-state index contributed by atoms with van der Waals surface area (Å²) in [5, 5.41) is 5.68. The van der Waals surface area contributed by atoms with E-state index >= 15 is 0 Å². The molecule has 1 aliphatic carbocycles. The van der Waals surface area contributed by atoms with Crippen LogP contribution >= 0.6 is 0 Å². The smallest absolute Gasteiger partial charge is 0.330 e. The molecule has 0 atom stereocenters. The van der Waals surface area contributed by atoms with E-state index in [1.807, 2.05) is 25.1 Å². The minimum atomic E-state index is -0.376. The average Bonchev–Trinajstić information content (AvgIpc) is 3.37. The van der Waals surface area contributed by atoms with Gasteiger partial charge in [-0.25, -0.2) is 14.6 Å². The van der Waals surface area contributed by atoms with E-state index in [9.17, 15) is 9.59 Å². The lowest BCUT2D eigenvalue weighted by molar-refractivity contribution is 0.199. The molecule has 2 aromatic heterocycles. The van der Waals surface area contributed by atoms with Crippen LogP contribution in [-0.4, -0.2) is 26.7 Å². The van der Waals surface area contributed by atoms with E-state index in [0.29, 0.717) is 17.3 Å². The molecule has 4 rings (SSSR count). The number of aryl methyl sites for hydroxylation is 1. The summed E-state index contributed by atoms with van der Waals surface area (Å²) in [4.78, 5) is 31.7. The number of amides is 2. The number of carbonyl (C=O) groups is 1. The molecule has 0 bridgehead atoms. The van der Waals surface area contributed by atoms with Crippen molar-refractivity contribution in [1.82, 2.24) is 19.9 Å². The average molecular weight is 407 g/mol. The van der Waals surface area contributed by atoms with Gasteiger partial charge in [0.05, 0.1) is 11.4 Å². The van der Waals surface area contributed by atoms with E-state index < -0.39 is 0 Å². The second-order valence-electron chi connectivity index (χ2n) is 7.39. The maximum Gasteiger partial charge on any atom is 0.330 e. The lowest BCUT2D eigenvalue weighted by Gasteiger charge is -2.16. The highest BCUT2D eigenvalue weighted by Crippen LogP contribution is 2.25. The molecule has 0 saturated heterocycles. The van der Waals surface area contributed by atoms with Gasteiger partial charge in [-0.15, -0.1) is 0 Å². The number of benzene rings is 1. The predicted molar refractivity (Wildman–Crippen MR) is 114 cm³/mol. The number of para-hydroxylation sites is 2. The molecule has 2 amide bonds. The van der Waals surface area contributed by atoms with Crippen molar-refractivity contribution in [2.75, 3.05) is 5.32 Å². The third kappa shape index (κ3) is 4.37. The summed E-state index contributed by atoms with van der Waals surface area (Å²) in [7, 11) is 0. The van der Waals surface area contributed by atoms with Crippen molar-refractivity contribution >= 4 is 11.7 Å². The molecule has 0 radical (unpaired) electrons. The standard InChI is InChI=1S/C22H25N5O3/c1-15-13-25-22(29)27(15)19-11-5-4-10-18(19)26-21(28)24-14-16-7-6-12-23-20(16)30-17-8-2-3-9-17/h4-7,10-13,17H,2-3,8-9,14H2,1H3,(H,25,29)(H2,24,26,28). The molecule has 0 aliphatic heterocycles. The SMILES string of the molecule is Cc1c[nH]c(=O)n1-c1ccccc1NC(=O)NCc1cccnc1OC1CCCC1. The number of nitrogens with zero attached hydrogens (tertiary/aromatic N) is 2. The number of anilines is 1. The highest BCUT2D eigenvalue weighted by atomic mass is 16.5. The number of carbonyl (C=O) groups excluding carboxylic acids is 1. The van der Waals surface area contributed by atoms with Crippen LogP contribution < -0.4 is 21.1 Å². The van der Waals surface area contributed by atoms with Crippen molar-refractivity contribution in [3.8, 4) is 11.6 Å². The summed E-state index contributed by atoms with van der Waals surface area (Å²) >= 11 is 0. The van der Waals surface area contributed by atoms with Crippen LogP contribution in [0, 0.1) is 6.92 Å². The number of pyridine rings is 1. The Morgan fingerprint density at radius 3 is 2.80 bits per heavy atom. The fraction of sp³-hybridized carbons (Fsp3) is 0.318. The van der Waals surface area contributed by atoms with E-state index in [2.05, 4.69) is 20.6 Å². The highest BCUT2D eigenvalue weighted by Gasteiger charge is 2.19. The van der Waals surface area contributed by atoms with Crippen LogP contribution in [0.3, 0.4) is 0 Å². The van der Waals surface area contributed by atoms with Gasteiger partial charge in [-0.3, -0.25) is 4.57 Å². The molecule has 3 N–H and O–H groups in total. The van der Waals surface area contributed by atoms with Gasteiger partial charge >= 0.3 is 11.7 Å². The molecule has 30 heavy (non-hydrogen) atoms. The monoisotopic (exact) mass is 407 g/mol. The zero-order chi connectivity index (χ0) is 20.9. The molecule has 1 aromatic carbocycles. The quantitative estimate of drug-likeness (QED) is 0.582.